The van der Waals surface area contributed by atoms with Gasteiger partial charge in [0, 0.05) is 16.6 Å². The maximum atomic E-state index is 12.0. The fourth-order valence-electron chi connectivity index (χ4n) is 2.07. The van der Waals surface area contributed by atoms with Gasteiger partial charge in [0.15, 0.2) is 6.67 Å². The molecule has 0 N–H and O–H groups in total. The molecule has 0 spiro atoms. The van der Waals surface area contributed by atoms with Crippen molar-refractivity contribution >= 4 is 5.82 Å². The van der Waals surface area contributed by atoms with E-state index in [-0.39, 0.29) is 6.54 Å². The number of hydrogen-bond acceptors (Lipinski definition) is 4. The summed E-state index contributed by atoms with van der Waals surface area (Å²) in [6.07, 6.45) is 1.71. The van der Waals surface area contributed by atoms with Crippen LogP contribution in [-0.4, -0.2) is 34.7 Å². The van der Waals surface area contributed by atoms with Crippen molar-refractivity contribution in [3.8, 4) is 0 Å². The summed E-state index contributed by atoms with van der Waals surface area (Å²) in [6.45, 7) is 4.71. The first-order valence-electron chi connectivity index (χ1n) is 5.02. The molecule has 0 aliphatic carbocycles. The van der Waals surface area contributed by atoms with Crippen molar-refractivity contribution < 1.29 is 9.61 Å². The summed E-state index contributed by atoms with van der Waals surface area (Å²) in [7, 11) is 3.21. The maximum Gasteiger partial charge on any atom is 0.212 e. The summed E-state index contributed by atoms with van der Waals surface area (Å²) in [4.78, 5) is 2.33. The van der Waals surface area contributed by atoms with E-state index in [1.54, 1.807) is 20.2 Å². The normalized spacial score (nSPS) is 24.3. The Bertz CT molecular complexity index is 426. The summed E-state index contributed by atoms with van der Waals surface area (Å²) >= 11 is 0. The third kappa shape index (κ3) is 1.63. The van der Waals surface area contributed by atoms with Crippen LogP contribution in [0.5, 0.6) is 0 Å². The number of rotatable bonds is 2. The van der Waals surface area contributed by atoms with Crippen LogP contribution >= 0.6 is 0 Å². The zero-order valence-corrected chi connectivity index (χ0v) is 9.46. The first kappa shape index (κ1) is 10.9. The number of fused-ring (bicyclic) bond motifs is 1. The molecule has 1 aromatic rings. The molecule has 7 nitrogen and oxygen atoms in total. The molecule has 2 rings (SSSR count). The van der Waals surface area contributed by atoms with Crippen LogP contribution in [0.2, 0.25) is 0 Å². The quantitative estimate of drug-likeness (QED) is 0.293. The Hall–Kier alpha value is -1.60. The molecular formula is C9H15N5O2. The molecule has 0 radical (unpaired) electrons. The summed E-state index contributed by atoms with van der Waals surface area (Å²) in [5, 5.41) is 27.2. The lowest BCUT2D eigenvalue weighted by Gasteiger charge is -2.44. The van der Waals surface area contributed by atoms with E-state index in [2.05, 4.69) is 11.7 Å². The molecule has 0 saturated heterocycles. The zero-order chi connectivity index (χ0) is 11.9. The molecule has 1 aromatic heterocycles. The van der Waals surface area contributed by atoms with Gasteiger partial charge < -0.3 is 20.0 Å². The van der Waals surface area contributed by atoms with E-state index in [0.29, 0.717) is 29.7 Å². The van der Waals surface area contributed by atoms with Crippen molar-refractivity contribution in [2.45, 2.75) is 6.54 Å². The van der Waals surface area contributed by atoms with Crippen molar-refractivity contribution in [2.24, 2.45) is 7.05 Å². The van der Waals surface area contributed by atoms with Crippen LogP contribution < -0.4 is 9.86 Å². The number of anilines is 1. The van der Waals surface area contributed by atoms with Gasteiger partial charge in [0.05, 0.1) is 14.1 Å². The predicted molar refractivity (Wildman–Crippen MR) is 57.8 cm³/mol. The Morgan fingerprint density at radius 2 is 2.38 bits per heavy atom. The van der Waals surface area contributed by atoms with Crippen molar-refractivity contribution in [3.63, 3.8) is 0 Å². The molecule has 1 aliphatic rings. The molecule has 1 unspecified atom stereocenters. The Kier molecular flexibility index (Phi) is 2.36. The molecule has 0 fully saturated rings. The zero-order valence-electron chi connectivity index (χ0n) is 9.46. The Labute approximate surface area is 93.5 Å². The molecule has 1 atom stereocenters. The standard InChI is InChI=1S/C9H15N5O2/c1-4-5-12-7-14(3,16)6-8-9(12)11(2)13(15)10-8/h4H,1,5-7H2,2-3H3. The third-order valence-electron chi connectivity index (χ3n) is 2.63. The van der Waals surface area contributed by atoms with Gasteiger partial charge in [0.2, 0.25) is 11.5 Å². The SMILES string of the molecule is C=CCN1C[N+](C)([O-])Cc2n[n+]([O-])n(C)c21. The summed E-state index contributed by atoms with van der Waals surface area (Å²) in [6, 6.07) is 0. The minimum atomic E-state index is -0.447. The molecule has 0 saturated carbocycles. The van der Waals surface area contributed by atoms with E-state index < -0.39 is 4.65 Å². The third-order valence-corrected chi connectivity index (χ3v) is 2.63. The maximum absolute atomic E-state index is 12.0. The highest BCUT2D eigenvalue weighted by atomic mass is 16.5. The van der Waals surface area contributed by atoms with Crippen molar-refractivity contribution in [2.75, 3.05) is 25.2 Å². The largest absolute Gasteiger partial charge is 0.631 e. The van der Waals surface area contributed by atoms with Crippen LogP contribution in [0.15, 0.2) is 12.7 Å². The second-order valence-corrected chi connectivity index (χ2v) is 4.25. The van der Waals surface area contributed by atoms with Gasteiger partial charge >= 0.3 is 0 Å². The summed E-state index contributed by atoms with van der Waals surface area (Å²) in [5.74, 6) is 0.710. The fourth-order valence-corrected chi connectivity index (χ4v) is 2.07. The van der Waals surface area contributed by atoms with Gasteiger partial charge in [-0.3, -0.25) is 0 Å². The number of hydroxylamine groups is 3. The van der Waals surface area contributed by atoms with Gasteiger partial charge in [-0.25, -0.2) is 0 Å². The number of hydrogen-bond donors (Lipinski definition) is 0. The lowest BCUT2D eigenvalue weighted by Crippen LogP contribution is -2.51. The molecule has 0 amide bonds. The monoisotopic (exact) mass is 225 g/mol. The van der Waals surface area contributed by atoms with Crippen LogP contribution in [-0.2, 0) is 13.6 Å². The highest BCUT2D eigenvalue weighted by Gasteiger charge is 2.34. The first-order valence-corrected chi connectivity index (χ1v) is 5.02. The molecule has 1 aliphatic heterocycles. The molecule has 0 bridgehead atoms. The van der Waals surface area contributed by atoms with Gasteiger partial charge in [-0.2, -0.15) is 0 Å². The van der Waals surface area contributed by atoms with E-state index in [1.807, 2.05) is 4.90 Å². The average molecular weight is 225 g/mol. The van der Waals surface area contributed by atoms with Gasteiger partial charge in [0.1, 0.15) is 6.54 Å². The number of quaternary nitrogens is 1. The van der Waals surface area contributed by atoms with E-state index in [1.165, 1.54) is 4.68 Å². The highest BCUT2D eigenvalue weighted by molar-refractivity contribution is 5.44. The van der Waals surface area contributed by atoms with Gasteiger partial charge in [0.25, 0.3) is 0 Å². The fraction of sp³-hybridized carbons (Fsp3) is 0.556. The number of nitrogens with zero attached hydrogens (tertiary/aromatic N) is 5. The van der Waals surface area contributed by atoms with Crippen LogP contribution in [0.4, 0.5) is 5.82 Å². The van der Waals surface area contributed by atoms with Gasteiger partial charge in [-0.1, -0.05) is 6.08 Å². The van der Waals surface area contributed by atoms with E-state index in [9.17, 15) is 10.4 Å². The molecule has 2 heterocycles. The van der Waals surface area contributed by atoms with Gasteiger partial charge in [-0.15, -0.1) is 11.3 Å². The van der Waals surface area contributed by atoms with E-state index in [0.717, 1.165) is 0 Å². The lowest BCUT2D eigenvalue weighted by molar-refractivity contribution is -0.876. The van der Waals surface area contributed by atoms with Gasteiger partial charge in [-0.05, 0) is 0 Å². The second kappa shape index (κ2) is 3.46. The first-order chi connectivity index (χ1) is 7.44. The lowest BCUT2D eigenvalue weighted by atomic mass is 10.3. The average Bonchev–Trinajstić information content (AvgIpc) is 2.40. The van der Waals surface area contributed by atoms with Crippen molar-refractivity contribution in [1.82, 2.24) is 9.78 Å². The molecule has 0 aromatic carbocycles. The second-order valence-electron chi connectivity index (χ2n) is 4.25. The predicted octanol–water partition coefficient (Wildman–Crippen LogP) is -0.539. The van der Waals surface area contributed by atoms with Crippen LogP contribution in [0.1, 0.15) is 5.69 Å². The Morgan fingerprint density at radius 1 is 1.69 bits per heavy atom. The molecule has 88 valence electrons. The minimum absolute atomic E-state index is 0.228. The topological polar surface area (TPSA) is 71.1 Å². The number of aromatic nitrogens is 3. The molecular weight excluding hydrogens is 210 g/mol. The summed E-state index contributed by atoms with van der Waals surface area (Å²) in [5.41, 5.74) is 0.545. The van der Waals surface area contributed by atoms with Crippen molar-refractivity contribution in [3.05, 3.63) is 28.8 Å². The van der Waals surface area contributed by atoms with E-state index >= 15 is 0 Å². The highest BCUT2D eigenvalue weighted by Crippen LogP contribution is 2.26. The van der Waals surface area contributed by atoms with Crippen molar-refractivity contribution in [1.29, 1.82) is 0 Å². The van der Waals surface area contributed by atoms with Crippen LogP contribution in [0.25, 0.3) is 0 Å². The van der Waals surface area contributed by atoms with Crippen LogP contribution in [0, 0.1) is 10.4 Å². The van der Waals surface area contributed by atoms with E-state index in [4.69, 9.17) is 0 Å². The minimum Gasteiger partial charge on any atom is -0.631 e. The Morgan fingerprint density at radius 3 is 3.00 bits per heavy atom. The smallest absolute Gasteiger partial charge is 0.212 e. The Balaban J connectivity index is 2.47. The summed E-state index contributed by atoms with van der Waals surface area (Å²) < 4.78 is 0.954. The molecule has 16 heavy (non-hydrogen) atoms. The van der Waals surface area contributed by atoms with Crippen LogP contribution in [0.3, 0.4) is 0 Å². The molecule has 7 heteroatoms.